The average Bonchev–Trinajstić information content (AvgIpc) is 2.45. The fraction of sp³-hybridized carbons (Fsp3) is 0.333. The summed E-state index contributed by atoms with van der Waals surface area (Å²) < 4.78 is 26.2. The van der Waals surface area contributed by atoms with Gasteiger partial charge in [0, 0.05) is 0 Å². The lowest BCUT2D eigenvalue weighted by Crippen LogP contribution is -1.96. The number of hydrogen-bond donors (Lipinski definition) is 1. The molecule has 13 heavy (non-hydrogen) atoms. The maximum atomic E-state index is 13.3. The summed E-state index contributed by atoms with van der Waals surface area (Å²) in [6.07, 6.45) is 0.232. The summed E-state index contributed by atoms with van der Waals surface area (Å²) in [5.74, 6) is -1.23. The van der Waals surface area contributed by atoms with Crippen LogP contribution in [0.25, 0.3) is 0 Å². The molecular formula is C9H7BrF2O. The summed E-state index contributed by atoms with van der Waals surface area (Å²) in [7, 11) is 0. The highest BCUT2D eigenvalue weighted by molar-refractivity contribution is 9.10. The Kier molecular flexibility index (Phi) is 2.12. The maximum absolute atomic E-state index is 13.3. The molecule has 4 heteroatoms. The molecule has 0 aromatic heterocycles. The number of aliphatic hydroxyl groups excluding tert-OH is 1. The first-order chi connectivity index (χ1) is 6.11. The van der Waals surface area contributed by atoms with Crippen molar-refractivity contribution in [1.29, 1.82) is 0 Å². The third-order valence-corrected chi connectivity index (χ3v) is 3.05. The van der Waals surface area contributed by atoms with Crippen molar-refractivity contribution in [3.8, 4) is 0 Å². The van der Waals surface area contributed by atoms with Crippen LogP contribution < -0.4 is 0 Å². The Morgan fingerprint density at radius 3 is 2.85 bits per heavy atom. The van der Waals surface area contributed by atoms with E-state index in [-0.39, 0.29) is 4.47 Å². The molecule has 1 aliphatic carbocycles. The van der Waals surface area contributed by atoms with Crippen LogP contribution in [0.5, 0.6) is 0 Å². The minimum absolute atomic E-state index is 0.139. The molecule has 0 heterocycles. The van der Waals surface area contributed by atoms with Gasteiger partial charge in [0.25, 0.3) is 0 Å². The molecule has 1 aromatic carbocycles. The zero-order valence-corrected chi connectivity index (χ0v) is 8.24. The summed E-state index contributed by atoms with van der Waals surface area (Å²) in [5, 5.41) is 9.37. The molecule has 0 amide bonds. The van der Waals surface area contributed by atoms with Gasteiger partial charge < -0.3 is 5.11 Å². The number of rotatable bonds is 0. The summed E-state index contributed by atoms with van der Waals surface area (Å²) in [5.41, 5.74) is 0.818. The van der Waals surface area contributed by atoms with Crippen molar-refractivity contribution in [2.45, 2.75) is 18.9 Å². The molecule has 1 N–H and O–H groups in total. The van der Waals surface area contributed by atoms with Crippen LogP contribution in [0.4, 0.5) is 8.78 Å². The molecule has 0 spiro atoms. The smallest absolute Gasteiger partial charge is 0.143 e. The Hall–Kier alpha value is -0.480. The zero-order chi connectivity index (χ0) is 9.59. The van der Waals surface area contributed by atoms with E-state index < -0.39 is 17.7 Å². The minimum Gasteiger partial charge on any atom is -0.388 e. The largest absolute Gasteiger partial charge is 0.388 e. The first-order valence-electron chi connectivity index (χ1n) is 3.95. The number of hydrogen-bond acceptors (Lipinski definition) is 1. The van der Waals surface area contributed by atoms with Gasteiger partial charge in [0.1, 0.15) is 11.6 Å². The SMILES string of the molecule is OC1CCc2c1cc(F)c(Br)c2F. The standard InChI is InChI=1S/C9H7BrF2O/c10-8-6(11)3-5-4(9(8)12)1-2-7(5)13/h3,7,13H,1-2H2. The fourth-order valence-electron chi connectivity index (χ4n) is 1.64. The van der Waals surface area contributed by atoms with Crippen molar-refractivity contribution in [3.05, 3.63) is 33.3 Å². The number of halogens is 3. The second kappa shape index (κ2) is 3.03. The summed E-state index contributed by atoms with van der Waals surface area (Å²) in [6.45, 7) is 0. The lowest BCUT2D eigenvalue weighted by Gasteiger charge is -2.06. The van der Waals surface area contributed by atoms with Crippen molar-refractivity contribution in [3.63, 3.8) is 0 Å². The monoisotopic (exact) mass is 248 g/mol. The Morgan fingerprint density at radius 2 is 2.15 bits per heavy atom. The number of fused-ring (bicyclic) bond motifs is 1. The summed E-state index contributed by atoms with van der Waals surface area (Å²) in [4.78, 5) is 0. The van der Waals surface area contributed by atoms with Crippen LogP contribution >= 0.6 is 15.9 Å². The highest BCUT2D eigenvalue weighted by Gasteiger charge is 2.26. The van der Waals surface area contributed by atoms with Gasteiger partial charge in [0.2, 0.25) is 0 Å². The Balaban J connectivity index is 2.67. The fourth-order valence-corrected chi connectivity index (χ4v) is 1.99. The first kappa shape index (κ1) is 9.09. The summed E-state index contributed by atoms with van der Waals surface area (Å²) in [6, 6.07) is 1.19. The lowest BCUT2D eigenvalue weighted by molar-refractivity contribution is 0.179. The van der Waals surface area contributed by atoms with E-state index in [0.717, 1.165) is 0 Å². The van der Waals surface area contributed by atoms with Crippen LogP contribution in [0, 0.1) is 11.6 Å². The highest BCUT2D eigenvalue weighted by atomic mass is 79.9. The second-order valence-electron chi connectivity index (χ2n) is 3.11. The molecule has 1 unspecified atom stereocenters. The predicted molar refractivity (Wildman–Crippen MR) is 47.3 cm³/mol. The van der Waals surface area contributed by atoms with Gasteiger partial charge in [-0.1, -0.05) is 0 Å². The number of benzene rings is 1. The minimum atomic E-state index is -0.716. The van der Waals surface area contributed by atoms with E-state index in [9.17, 15) is 13.9 Å². The quantitative estimate of drug-likeness (QED) is 0.701. The molecule has 0 saturated heterocycles. The first-order valence-corrected chi connectivity index (χ1v) is 4.75. The Bertz CT molecular complexity index is 365. The second-order valence-corrected chi connectivity index (χ2v) is 3.90. The molecule has 1 nitrogen and oxygen atoms in total. The van der Waals surface area contributed by atoms with Gasteiger partial charge >= 0.3 is 0 Å². The van der Waals surface area contributed by atoms with Crippen LogP contribution in [-0.2, 0) is 6.42 Å². The van der Waals surface area contributed by atoms with Crippen molar-refractivity contribution in [2.75, 3.05) is 0 Å². The molecular weight excluding hydrogens is 242 g/mol. The molecule has 0 fully saturated rings. The van der Waals surface area contributed by atoms with Gasteiger partial charge in [0.05, 0.1) is 10.6 Å². The maximum Gasteiger partial charge on any atom is 0.143 e. The van der Waals surface area contributed by atoms with E-state index >= 15 is 0 Å². The van der Waals surface area contributed by atoms with Gasteiger partial charge in [0.15, 0.2) is 0 Å². The molecule has 0 aliphatic heterocycles. The molecule has 70 valence electrons. The van der Waals surface area contributed by atoms with Gasteiger partial charge in [-0.25, -0.2) is 8.78 Å². The van der Waals surface area contributed by atoms with Crippen LogP contribution in [-0.4, -0.2) is 5.11 Å². The summed E-state index contributed by atoms with van der Waals surface area (Å²) >= 11 is 2.82. The number of aliphatic hydroxyl groups is 1. The molecule has 0 radical (unpaired) electrons. The van der Waals surface area contributed by atoms with Crippen LogP contribution in [0.3, 0.4) is 0 Å². The topological polar surface area (TPSA) is 20.2 Å². The van der Waals surface area contributed by atoms with Crippen LogP contribution in [0.15, 0.2) is 10.5 Å². The Morgan fingerprint density at radius 1 is 1.46 bits per heavy atom. The van der Waals surface area contributed by atoms with Gasteiger partial charge in [-0.05, 0) is 46.0 Å². The van der Waals surface area contributed by atoms with E-state index in [2.05, 4.69) is 15.9 Å². The zero-order valence-electron chi connectivity index (χ0n) is 6.65. The predicted octanol–water partition coefficient (Wildman–Crippen LogP) is 2.71. The molecule has 1 aliphatic rings. The molecule has 0 saturated carbocycles. The lowest BCUT2D eigenvalue weighted by atomic mass is 10.1. The van der Waals surface area contributed by atoms with E-state index in [1.807, 2.05) is 0 Å². The van der Waals surface area contributed by atoms with Crippen LogP contribution in [0.2, 0.25) is 0 Å². The van der Waals surface area contributed by atoms with E-state index in [0.29, 0.717) is 24.0 Å². The van der Waals surface area contributed by atoms with Crippen molar-refractivity contribution >= 4 is 15.9 Å². The highest BCUT2D eigenvalue weighted by Crippen LogP contribution is 2.36. The average molecular weight is 249 g/mol. The third-order valence-electron chi connectivity index (χ3n) is 2.32. The van der Waals surface area contributed by atoms with E-state index in [1.165, 1.54) is 6.07 Å². The van der Waals surface area contributed by atoms with Gasteiger partial charge in [-0.2, -0.15) is 0 Å². The van der Waals surface area contributed by atoms with E-state index in [1.54, 1.807) is 0 Å². The van der Waals surface area contributed by atoms with Crippen molar-refractivity contribution in [2.24, 2.45) is 0 Å². The van der Waals surface area contributed by atoms with Gasteiger partial charge in [-0.3, -0.25) is 0 Å². The van der Waals surface area contributed by atoms with Crippen molar-refractivity contribution < 1.29 is 13.9 Å². The van der Waals surface area contributed by atoms with Gasteiger partial charge in [-0.15, -0.1) is 0 Å². The normalized spacial score (nSPS) is 20.5. The third kappa shape index (κ3) is 1.28. The van der Waals surface area contributed by atoms with E-state index in [4.69, 9.17) is 0 Å². The Labute approximate surface area is 82.5 Å². The van der Waals surface area contributed by atoms with Crippen LogP contribution in [0.1, 0.15) is 23.7 Å². The van der Waals surface area contributed by atoms with Crippen molar-refractivity contribution in [1.82, 2.24) is 0 Å². The molecule has 2 rings (SSSR count). The molecule has 1 aromatic rings. The molecule has 1 atom stereocenters. The molecule has 0 bridgehead atoms.